The van der Waals surface area contributed by atoms with Crippen LogP contribution in [0.3, 0.4) is 0 Å². The minimum absolute atomic E-state index is 0. The fourth-order valence-corrected chi connectivity index (χ4v) is 2.94. The second kappa shape index (κ2) is 7.32. The molecule has 2 aromatic rings. The summed E-state index contributed by atoms with van der Waals surface area (Å²) in [6.07, 6.45) is 3.27. The number of carbonyl (C=O) groups is 1. The molecule has 1 heterocycles. The third-order valence-electron chi connectivity index (χ3n) is 4.06. The van der Waals surface area contributed by atoms with E-state index in [9.17, 15) is 4.79 Å². The first-order valence-electron chi connectivity index (χ1n) is 7.47. The van der Waals surface area contributed by atoms with Gasteiger partial charge in [0.1, 0.15) is 0 Å². The maximum absolute atomic E-state index is 12.5. The Bertz CT molecular complexity index is 643. The van der Waals surface area contributed by atoms with E-state index >= 15 is 0 Å². The predicted octanol–water partition coefficient (Wildman–Crippen LogP) is 3.60. The Morgan fingerprint density at radius 3 is 2.64 bits per heavy atom. The molecule has 0 aromatic heterocycles. The molecule has 0 bridgehead atoms. The van der Waals surface area contributed by atoms with Gasteiger partial charge in [-0.2, -0.15) is 0 Å². The first-order valence-corrected chi connectivity index (χ1v) is 7.47. The monoisotopic (exact) mass is 316 g/mol. The highest BCUT2D eigenvalue weighted by Gasteiger charge is 2.23. The molecular weight excluding hydrogens is 296 g/mol. The van der Waals surface area contributed by atoms with Gasteiger partial charge in [0.2, 0.25) is 5.91 Å². The Kier molecular flexibility index (Phi) is 5.45. The van der Waals surface area contributed by atoms with Gasteiger partial charge in [0, 0.05) is 24.3 Å². The van der Waals surface area contributed by atoms with Crippen LogP contribution in [0.25, 0.3) is 0 Å². The van der Waals surface area contributed by atoms with Crippen LogP contribution in [0, 0.1) is 0 Å². The summed E-state index contributed by atoms with van der Waals surface area (Å²) in [5.74, 6) is 0.186. The lowest BCUT2D eigenvalue weighted by molar-refractivity contribution is -0.118. The average molecular weight is 317 g/mol. The number of hydrogen-bond acceptors (Lipinski definition) is 2. The molecule has 3 rings (SSSR count). The number of nitrogens with zero attached hydrogens (tertiary/aromatic N) is 1. The van der Waals surface area contributed by atoms with Gasteiger partial charge in [0.15, 0.2) is 0 Å². The minimum Gasteiger partial charge on any atom is -0.398 e. The third kappa shape index (κ3) is 3.42. The Morgan fingerprint density at radius 2 is 1.86 bits per heavy atom. The van der Waals surface area contributed by atoms with E-state index < -0.39 is 0 Å². The van der Waals surface area contributed by atoms with Crippen LogP contribution in [-0.2, 0) is 17.6 Å². The standard InChI is InChI=1S/C18H20N2O.ClH/c19-16-9-4-10-17-15(16)8-5-13-20(17)18(21)12-11-14-6-2-1-3-7-14;/h1-4,6-7,9-10H,5,8,11-13,19H2;1H. The molecular formula is C18H21ClN2O. The second-order valence-electron chi connectivity index (χ2n) is 5.48. The van der Waals surface area contributed by atoms with Gasteiger partial charge < -0.3 is 10.6 Å². The molecule has 116 valence electrons. The highest BCUT2D eigenvalue weighted by atomic mass is 35.5. The van der Waals surface area contributed by atoms with Crippen LogP contribution in [0.5, 0.6) is 0 Å². The Balaban J connectivity index is 0.00000176. The van der Waals surface area contributed by atoms with E-state index in [1.54, 1.807) is 0 Å². The zero-order chi connectivity index (χ0) is 14.7. The number of fused-ring (bicyclic) bond motifs is 1. The molecule has 0 unspecified atom stereocenters. The lowest BCUT2D eigenvalue weighted by Crippen LogP contribution is -2.35. The second-order valence-corrected chi connectivity index (χ2v) is 5.48. The number of aryl methyl sites for hydroxylation is 1. The first kappa shape index (κ1) is 16.4. The van der Waals surface area contributed by atoms with Gasteiger partial charge in [-0.25, -0.2) is 0 Å². The molecule has 0 aliphatic carbocycles. The summed E-state index contributed by atoms with van der Waals surface area (Å²) in [5.41, 5.74) is 10.2. The summed E-state index contributed by atoms with van der Waals surface area (Å²) >= 11 is 0. The van der Waals surface area contributed by atoms with Gasteiger partial charge in [-0.3, -0.25) is 4.79 Å². The highest BCUT2D eigenvalue weighted by molar-refractivity contribution is 5.95. The van der Waals surface area contributed by atoms with Crippen molar-refractivity contribution in [2.24, 2.45) is 0 Å². The SMILES string of the molecule is Cl.Nc1cccc2c1CCCN2C(=O)CCc1ccccc1. The van der Waals surface area contributed by atoms with Gasteiger partial charge >= 0.3 is 0 Å². The Morgan fingerprint density at radius 1 is 1.09 bits per heavy atom. The van der Waals surface area contributed by atoms with Crippen molar-refractivity contribution in [3.63, 3.8) is 0 Å². The van der Waals surface area contributed by atoms with Crippen LogP contribution in [0.1, 0.15) is 24.0 Å². The van der Waals surface area contributed by atoms with E-state index in [-0.39, 0.29) is 18.3 Å². The Labute approximate surface area is 137 Å². The van der Waals surface area contributed by atoms with Gasteiger partial charge in [-0.1, -0.05) is 36.4 Å². The van der Waals surface area contributed by atoms with Crippen molar-refractivity contribution >= 4 is 29.7 Å². The molecule has 4 heteroatoms. The molecule has 2 aromatic carbocycles. The third-order valence-corrected chi connectivity index (χ3v) is 4.06. The molecule has 1 amide bonds. The molecule has 22 heavy (non-hydrogen) atoms. The number of halogens is 1. The van der Waals surface area contributed by atoms with E-state index in [1.807, 2.05) is 41.3 Å². The van der Waals surface area contributed by atoms with Crippen molar-refractivity contribution in [1.82, 2.24) is 0 Å². The molecule has 2 N–H and O–H groups in total. The number of amides is 1. The topological polar surface area (TPSA) is 46.3 Å². The van der Waals surface area contributed by atoms with Gasteiger partial charge in [-0.05, 0) is 42.5 Å². The number of anilines is 2. The molecule has 1 aliphatic heterocycles. The molecule has 0 saturated carbocycles. The number of rotatable bonds is 3. The van der Waals surface area contributed by atoms with E-state index in [0.29, 0.717) is 6.42 Å². The number of carbonyl (C=O) groups excluding carboxylic acids is 1. The van der Waals surface area contributed by atoms with Crippen LogP contribution >= 0.6 is 12.4 Å². The van der Waals surface area contributed by atoms with E-state index in [4.69, 9.17) is 5.73 Å². The molecule has 0 saturated heterocycles. The van der Waals surface area contributed by atoms with E-state index in [0.717, 1.165) is 42.7 Å². The first-order chi connectivity index (χ1) is 10.3. The Hall–Kier alpha value is -2.00. The largest absolute Gasteiger partial charge is 0.398 e. The highest BCUT2D eigenvalue weighted by Crippen LogP contribution is 2.31. The molecule has 1 aliphatic rings. The smallest absolute Gasteiger partial charge is 0.227 e. The molecule has 0 fully saturated rings. The van der Waals surface area contributed by atoms with Gasteiger partial charge in [0.05, 0.1) is 0 Å². The van der Waals surface area contributed by atoms with Crippen molar-refractivity contribution in [2.45, 2.75) is 25.7 Å². The lowest BCUT2D eigenvalue weighted by atomic mass is 9.99. The van der Waals surface area contributed by atoms with Crippen LogP contribution in [-0.4, -0.2) is 12.5 Å². The summed E-state index contributed by atoms with van der Waals surface area (Å²) in [5, 5.41) is 0. The fraction of sp³-hybridized carbons (Fsp3) is 0.278. The predicted molar refractivity (Wildman–Crippen MR) is 93.5 cm³/mol. The number of hydrogen-bond donors (Lipinski definition) is 1. The molecule has 0 atom stereocenters. The molecule has 0 radical (unpaired) electrons. The van der Waals surface area contributed by atoms with Gasteiger partial charge in [-0.15, -0.1) is 12.4 Å². The maximum atomic E-state index is 12.5. The van der Waals surface area contributed by atoms with Crippen LogP contribution in [0.15, 0.2) is 48.5 Å². The summed E-state index contributed by atoms with van der Waals surface area (Å²) in [6.45, 7) is 0.796. The fourth-order valence-electron chi connectivity index (χ4n) is 2.94. The van der Waals surface area contributed by atoms with Crippen molar-refractivity contribution in [2.75, 3.05) is 17.2 Å². The quantitative estimate of drug-likeness (QED) is 0.879. The van der Waals surface area contributed by atoms with E-state index in [2.05, 4.69) is 12.1 Å². The average Bonchev–Trinajstić information content (AvgIpc) is 2.53. The van der Waals surface area contributed by atoms with Crippen molar-refractivity contribution in [3.05, 3.63) is 59.7 Å². The molecule has 3 nitrogen and oxygen atoms in total. The number of nitrogens with two attached hydrogens (primary N) is 1. The van der Waals surface area contributed by atoms with Crippen LogP contribution in [0.4, 0.5) is 11.4 Å². The maximum Gasteiger partial charge on any atom is 0.227 e. The number of nitrogen functional groups attached to an aromatic ring is 1. The van der Waals surface area contributed by atoms with Crippen LogP contribution < -0.4 is 10.6 Å². The van der Waals surface area contributed by atoms with Gasteiger partial charge in [0.25, 0.3) is 0 Å². The van der Waals surface area contributed by atoms with Crippen molar-refractivity contribution < 1.29 is 4.79 Å². The summed E-state index contributed by atoms with van der Waals surface area (Å²) in [6, 6.07) is 16.0. The minimum atomic E-state index is 0. The summed E-state index contributed by atoms with van der Waals surface area (Å²) < 4.78 is 0. The lowest BCUT2D eigenvalue weighted by Gasteiger charge is -2.30. The van der Waals surface area contributed by atoms with E-state index in [1.165, 1.54) is 5.56 Å². The normalized spacial score (nSPS) is 13.2. The number of benzene rings is 2. The van der Waals surface area contributed by atoms with Crippen molar-refractivity contribution in [1.29, 1.82) is 0 Å². The zero-order valence-electron chi connectivity index (χ0n) is 12.5. The molecule has 0 spiro atoms. The summed E-state index contributed by atoms with van der Waals surface area (Å²) in [7, 11) is 0. The zero-order valence-corrected chi connectivity index (χ0v) is 13.3. The van der Waals surface area contributed by atoms with Crippen molar-refractivity contribution in [3.8, 4) is 0 Å². The summed E-state index contributed by atoms with van der Waals surface area (Å²) in [4.78, 5) is 14.4. The van der Waals surface area contributed by atoms with Crippen LogP contribution in [0.2, 0.25) is 0 Å².